The smallest absolute Gasteiger partial charge is 0.410 e. The second-order valence-corrected chi connectivity index (χ2v) is 10.8. The van der Waals surface area contributed by atoms with Crippen LogP contribution in [0, 0.1) is 11.6 Å². The highest BCUT2D eigenvalue weighted by Gasteiger charge is 2.37. The lowest BCUT2D eigenvalue weighted by molar-refractivity contribution is 0.0270. The van der Waals surface area contributed by atoms with Gasteiger partial charge < -0.3 is 24.8 Å². The van der Waals surface area contributed by atoms with Crippen LogP contribution in [0.2, 0.25) is 0 Å². The summed E-state index contributed by atoms with van der Waals surface area (Å²) in [6, 6.07) is 3.47. The van der Waals surface area contributed by atoms with Gasteiger partial charge in [0.2, 0.25) is 0 Å². The van der Waals surface area contributed by atoms with E-state index >= 15 is 0 Å². The number of fused-ring (bicyclic) bond motifs is 1. The fourth-order valence-corrected chi connectivity index (χ4v) is 5.00. The first-order valence-corrected chi connectivity index (χ1v) is 12.5. The zero-order valence-corrected chi connectivity index (χ0v) is 21.2. The summed E-state index contributed by atoms with van der Waals surface area (Å²) >= 11 is 2.35. The minimum atomic E-state index is -0.921. The number of hydrogen-bond donors (Lipinski definition) is 2. The van der Waals surface area contributed by atoms with Crippen LogP contribution in [0.15, 0.2) is 23.4 Å². The van der Waals surface area contributed by atoms with Gasteiger partial charge in [0.25, 0.3) is 5.19 Å². The molecule has 4 rings (SSSR count). The molecule has 0 aliphatic carbocycles. The van der Waals surface area contributed by atoms with E-state index in [2.05, 4.69) is 20.3 Å². The van der Waals surface area contributed by atoms with Crippen LogP contribution >= 0.6 is 23.1 Å². The topological polar surface area (TPSA) is 110 Å². The number of nitrogens with zero attached hydrogens (tertiary/aromatic N) is 4. The van der Waals surface area contributed by atoms with E-state index in [-0.39, 0.29) is 29.6 Å². The molecular formula is C22H25F2N5O4S2. The first-order chi connectivity index (χ1) is 16.5. The highest BCUT2D eigenvalue weighted by atomic mass is 32.2. The summed E-state index contributed by atoms with van der Waals surface area (Å²) in [4.78, 5) is 27.2. The summed E-state index contributed by atoms with van der Waals surface area (Å²) in [5, 5.41) is 14.4. The Morgan fingerprint density at radius 1 is 1.29 bits per heavy atom. The molecule has 0 spiro atoms. The van der Waals surface area contributed by atoms with Gasteiger partial charge in [0, 0.05) is 17.9 Å². The Hall–Kier alpha value is -2.77. The lowest BCUT2D eigenvalue weighted by atomic mass is 10.2. The van der Waals surface area contributed by atoms with E-state index in [1.807, 2.05) is 0 Å². The molecule has 2 N–H and O–H groups in total. The molecule has 2 aromatic heterocycles. The van der Waals surface area contributed by atoms with Crippen molar-refractivity contribution >= 4 is 45.4 Å². The molecule has 1 aliphatic heterocycles. The van der Waals surface area contributed by atoms with Crippen LogP contribution in [0.1, 0.15) is 26.3 Å². The summed E-state index contributed by atoms with van der Waals surface area (Å²) in [5.41, 5.74) is -0.106. The quantitative estimate of drug-likeness (QED) is 0.364. The van der Waals surface area contributed by atoms with Gasteiger partial charge in [-0.2, -0.15) is 4.98 Å². The maximum Gasteiger partial charge on any atom is 0.410 e. The van der Waals surface area contributed by atoms with Crippen LogP contribution in [-0.2, 0) is 10.5 Å². The number of nitrogens with one attached hydrogen (secondary N) is 1. The van der Waals surface area contributed by atoms with Gasteiger partial charge in [0.1, 0.15) is 10.3 Å². The molecule has 188 valence electrons. The fraction of sp³-hybridized carbons (Fsp3) is 0.455. The number of benzene rings is 1. The molecule has 9 nitrogen and oxygen atoms in total. The number of methoxy groups -OCH3 is 1. The fourth-order valence-electron chi connectivity index (χ4n) is 3.42. The second-order valence-electron chi connectivity index (χ2n) is 8.90. The highest BCUT2D eigenvalue weighted by Crippen LogP contribution is 2.35. The van der Waals surface area contributed by atoms with E-state index in [9.17, 15) is 18.7 Å². The number of carbonyl (C=O) groups is 1. The number of anilines is 1. The molecule has 3 aromatic rings. The summed E-state index contributed by atoms with van der Waals surface area (Å²) < 4.78 is 38.9. The normalized spacial score (nSPS) is 18.2. The van der Waals surface area contributed by atoms with Crippen LogP contribution in [-0.4, -0.2) is 69.0 Å². The number of rotatable bonds is 6. The maximum atomic E-state index is 14.1. The average Bonchev–Trinajstić information content (AvgIpc) is 3.37. The van der Waals surface area contributed by atoms with Gasteiger partial charge in [0.15, 0.2) is 28.3 Å². The molecule has 1 aromatic carbocycles. The number of aliphatic hydroxyl groups is 1. The Labute approximate surface area is 208 Å². The van der Waals surface area contributed by atoms with Crippen LogP contribution < -0.4 is 10.1 Å². The lowest BCUT2D eigenvalue weighted by Crippen LogP contribution is -2.36. The van der Waals surface area contributed by atoms with Crippen LogP contribution in [0.3, 0.4) is 0 Å². The first kappa shape index (κ1) is 25.3. The van der Waals surface area contributed by atoms with E-state index in [0.29, 0.717) is 21.4 Å². The molecule has 1 fully saturated rings. The van der Waals surface area contributed by atoms with Crippen molar-refractivity contribution < 1.29 is 28.2 Å². The SMILES string of the molecule is COc1nc2nc(SCc3cccc(F)c3F)nc(N[C@@H]3CN(C(=O)OC(C)(C)C)C[C@H]3O)c2s1. The maximum absolute atomic E-state index is 14.1. The van der Waals surface area contributed by atoms with Crippen molar-refractivity contribution in [3.8, 4) is 5.19 Å². The van der Waals surface area contributed by atoms with Crippen molar-refractivity contribution in [2.75, 3.05) is 25.5 Å². The van der Waals surface area contributed by atoms with Crippen LogP contribution in [0.25, 0.3) is 10.3 Å². The van der Waals surface area contributed by atoms with E-state index in [4.69, 9.17) is 9.47 Å². The molecular weight excluding hydrogens is 500 g/mol. The Bertz CT molecular complexity index is 1240. The number of aromatic nitrogens is 3. The number of thioether (sulfide) groups is 1. The number of ether oxygens (including phenoxy) is 2. The molecule has 0 bridgehead atoms. The summed E-state index contributed by atoms with van der Waals surface area (Å²) in [7, 11) is 1.49. The van der Waals surface area contributed by atoms with Gasteiger partial charge in [-0.1, -0.05) is 35.2 Å². The van der Waals surface area contributed by atoms with Gasteiger partial charge in [-0.25, -0.2) is 23.5 Å². The molecule has 1 saturated heterocycles. The Morgan fingerprint density at radius 2 is 2.06 bits per heavy atom. The number of amides is 1. The van der Waals surface area contributed by atoms with Crippen LogP contribution in [0.4, 0.5) is 19.4 Å². The second kappa shape index (κ2) is 10.1. The predicted octanol–water partition coefficient (Wildman–Crippen LogP) is 4.06. The molecule has 35 heavy (non-hydrogen) atoms. The van der Waals surface area contributed by atoms with E-state index in [0.717, 1.165) is 17.8 Å². The Morgan fingerprint density at radius 3 is 2.77 bits per heavy atom. The van der Waals surface area contributed by atoms with E-state index in [1.165, 1.54) is 35.5 Å². The van der Waals surface area contributed by atoms with Crippen molar-refractivity contribution in [3.63, 3.8) is 0 Å². The van der Waals surface area contributed by atoms with Crippen molar-refractivity contribution in [1.29, 1.82) is 0 Å². The first-order valence-electron chi connectivity index (χ1n) is 10.7. The third kappa shape index (κ3) is 5.90. The Kier molecular flexibility index (Phi) is 7.29. The van der Waals surface area contributed by atoms with Gasteiger partial charge in [-0.15, -0.1) is 0 Å². The molecule has 1 aliphatic rings. The van der Waals surface area contributed by atoms with Gasteiger partial charge in [-0.05, 0) is 26.8 Å². The van der Waals surface area contributed by atoms with Gasteiger partial charge in [0.05, 0.1) is 25.8 Å². The van der Waals surface area contributed by atoms with Crippen molar-refractivity contribution in [1.82, 2.24) is 19.9 Å². The summed E-state index contributed by atoms with van der Waals surface area (Å²) in [6.07, 6.45) is -1.37. The zero-order chi connectivity index (χ0) is 25.3. The van der Waals surface area contributed by atoms with Crippen molar-refractivity contribution in [2.24, 2.45) is 0 Å². The third-order valence-electron chi connectivity index (χ3n) is 5.04. The molecule has 2 atom stereocenters. The predicted molar refractivity (Wildman–Crippen MR) is 129 cm³/mol. The number of β-amino-alcohol motifs (C(OH)–C–C–N with tert-alkyl or cyclic N) is 1. The van der Waals surface area contributed by atoms with E-state index in [1.54, 1.807) is 20.8 Å². The molecule has 3 heterocycles. The number of thiazole rings is 1. The van der Waals surface area contributed by atoms with E-state index < -0.39 is 35.5 Å². The standard InChI is InChI=1S/C22H25F2N5O4S2/c1-22(2,3)33-21(31)29-8-13(14(30)9-29)25-17-16-18(28-20(32-4)35-16)27-19(26-17)34-10-11-6-5-7-12(23)15(11)24/h5-7,13-14,30H,8-10H2,1-4H3,(H,25,26,27)/t13-,14-/m1/s1. The number of hydrogen-bond acceptors (Lipinski definition) is 10. The molecule has 1 amide bonds. The van der Waals surface area contributed by atoms with Crippen molar-refractivity contribution in [3.05, 3.63) is 35.4 Å². The largest absolute Gasteiger partial charge is 0.473 e. The van der Waals surface area contributed by atoms with Gasteiger partial charge >= 0.3 is 6.09 Å². The number of halogens is 2. The summed E-state index contributed by atoms with van der Waals surface area (Å²) in [5.74, 6) is -1.33. The number of carbonyl (C=O) groups excluding carboxylic acids is 1. The number of likely N-dealkylation sites (tertiary alicyclic amines) is 1. The molecule has 0 saturated carbocycles. The van der Waals surface area contributed by atoms with Crippen LogP contribution in [0.5, 0.6) is 5.19 Å². The monoisotopic (exact) mass is 525 g/mol. The average molecular weight is 526 g/mol. The highest BCUT2D eigenvalue weighted by molar-refractivity contribution is 7.98. The minimum absolute atomic E-state index is 0.104. The Balaban J connectivity index is 1.56. The summed E-state index contributed by atoms with van der Waals surface area (Å²) in [6.45, 7) is 5.63. The van der Waals surface area contributed by atoms with Crippen molar-refractivity contribution in [2.45, 2.75) is 49.4 Å². The molecule has 0 radical (unpaired) electrons. The van der Waals surface area contributed by atoms with Gasteiger partial charge in [-0.3, -0.25) is 0 Å². The zero-order valence-electron chi connectivity index (χ0n) is 19.5. The molecule has 0 unspecified atom stereocenters. The number of aliphatic hydroxyl groups excluding tert-OH is 1. The minimum Gasteiger partial charge on any atom is -0.473 e. The lowest BCUT2D eigenvalue weighted by Gasteiger charge is -2.24. The molecule has 13 heteroatoms. The third-order valence-corrected chi connectivity index (χ3v) is 6.95.